The van der Waals surface area contributed by atoms with Crippen LogP contribution in [0.15, 0.2) is 42.5 Å². The Balaban J connectivity index is 2.19. The van der Waals surface area contributed by atoms with Crippen molar-refractivity contribution in [2.45, 2.75) is 19.9 Å². The number of amides is 1. The van der Waals surface area contributed by atoms with Crippen LogP contribution in [0.5, 0.6) is 11.5 Å². The molecule has 4 heteroatoms. The normalized spacial score (nSPS) is 11.6. The second-order valence-electron chi connectivity index (χ2n) is 5.17. The number of carbonyl (C=O) groups excluding carboxylic acids is 1. The molecule has 0 saturated carbocycles. The van der Waals surface area contributed by atoms with Crippen LogP contribution in [0.2, 0.25) is 0 Å². The monoisotopic (exact) mass is 299 g/mol. The summed E-state index contributed by atoms with van der Waals surface area (Å²) in [6.45, 7) is 3.91. The van der Waals surface area contributed by atoms with Crippen LogP contribution >= 0.6 is 0 Å². The molecule has 0 aliphatic carbocycles. The molecule has 1 N–H and O–H groups in total. The van der Waals surface area contributed by atoms with E-state index in [1.165, 1.54) is 0 Å². The fraction of sp³-hybridized carbons (Fsp3) is 0.278. The quantitative estimate of drug-likeness (QED) is 0.919. The van der Waals surface area contributed by atoms with E-state index in [1.807, 2.05) is 56.3 Å². The number of ether oxygens (including phenoxy) is 2. The number of carbonyl (C=O) groups is 1. The summed E-state index contributed by atoms with van der Waals surface area (Å²) < 4.78 is 10.6. The Morgan fingerprint density at radius 3 is 2.32 bits per heavy atom. The van der Waals surface area contributed by atoms with E-state index in [0.717, 1.165) is 22.6 Å². The summed E-state index contributed by atoms with van der Waals surface area (Å²) in [5, 5.41) is 2.98. The van der Waals surface area contributed by atoms with Gasteiger partial charge in [-0.3, -0.25) is 4.79 Å². The van der Waals surface area contributed by atoms with Gasteiger partial charge in [-0.1, -0.05) is 17.7 Å². The third-order valence-corrected chi connectivity index (χ3v) is 3.56. The largest absolute Gasteiger partial charge is 0.497 e. The Labute approximate surface area is 131 Å². The zero-order valence-electron chi connectivity index (χ0n) is 13.3. The minimum absolute atomic E-state index is 0.114. The molecule has 1 amide bonds. The molecule has 22 heavy (non-hydrogen) atoms. The van der Waals surface area contributed by atoms with Crippen LogP contribution in [0, 0.1) is 6.92 Å². The summed E-state index contributed by atoms with van der Waals surface area (Å²) in [7, 11) is 3.22. The Morgan fingerprint density at radius 2 is 1.73 bits per heavy atom. The molecule has 2 aromatic carbocycles. The highest BCUT2D eigenvalue weighted by molar-refractivity contribution is 5.94. The van der Waals surface area contributed by atoms with Crippen molar-refractivity contribution in [2.24, 2.45) is 0 Å². The van der Waals surface area contributed by atoms with Crippen molar-refractivity contribution in [1.82, 2.24) is 5.32 Å². The lowest BCUT2D eigenvalue weighted by Crippen LogP contribution is -2.26. The first-order valence-corrected chi connectivity index (χ1v) is 7.14. The smallest absolute Gasteiger partial charge is 0.251 e. The first-order chi connectivity index (χ1) is 10.5. The first kappa shape index (κ1) is 15.9. The van der Waals surface area contributed by atoms with Gasteiger partial charge >= 0.3 is 0 Å². The average Bonchev–Trinajstić information content (AvgIpc) is 2.54. The van der Waals surface area contributed by atoms with Gasteiger partial charge in [0.1, 0.15) is 11.5 Å². The number of methoxy groups -OCH3 is 2. The van der Waals surface area contributed by atoms with Crippen molar-refractivity contribution in [2.75, 3.05) is 14.2 Å². The van der Waals surface area contributed by atoms with E-state index >= 15 is 0 Å². The summed E-state index contributed by atoms with van der Waals surface area (Å²) in [6, 6.07) is 12.8. The molecule has 0 aromatic heterocycles. The molecule has 0 unspecified atom stereocenters. The molecule has 4 nitrogen and oxygen atoms in total. The van der Waals surface area contributed by atoms with Crippen LogP contribution in [0.4, 0.5) is 0 Å². The summed E-state index contributed by atoms with van der Waals surface area (Å²) in [5.74, 6) is 1.34. The molecule has 2 aromatic rings. The predicted octanol–water partition coefficient (Wildman–Crippen LogP) is 3.50. The van der Waals surface area contributed by atoms with Crippen molar-refractivity contribution in [3.63, 3.8) is 0 Å². The van der Waals surface area contributed by atoms with Gasteiger partial charge in [-0.25, -0.2) is 0 Å². The topological polar surface area (TPSA) is 47.6 Å². The number of benzene rings is 2. The van der Waals surface area contributed by atoms with Gasteiger partial charge in [0.15, 0.2) is 0 Å². The van der Waals surface area contributed by atoms with Crippen molar-refractivity contribution in [1.29, 1.82) is 0 Å². The maximum absolute atomic E-state index is 12.3. The molecule has 116 valence electrons. The Kier molecular flexibility index (Phi) is 5.04. The lowest BCUT2D eigenvalue weighted by molar-refractivity contribution is 0.0939. The molecule has 0 fully saturated rings. The van der Waals surface area contributed by atoms with Gasteiger partial charge in [0.25, 0.3) is 5.91 Å². The van der Waals surface area contributed by atoms with Gasteiger partial charge in [-0.05, 0) is 44.2 Å². The summed E-state index contributed by atoms with van der Waals surface area (Å²) >= 11 is 0. The zero-order chi connectivity index (χ0) is 16.1. The molecule has 1 atom stereocenters. The molecule has 0 bridgehead atoms. The summed E-state index contributed by atoms with van der Waals surface area (Å²) in [6.07, 6.45) is 0. The maximum Gasteiger partial charge on any atom is 0.251 e. The zero-order valence-corrected chi connectivity index (χ0v) is 13.3. The van der Waals surface area contributed by atoms with Crippen LogP contribution in [0.1, 0.15) is 34.5 Å². The van der Waals surface area contributed by atoms with E-state index in [0.29, 0.717) is 5.56 Å². The van der Waals surface area contributed by atoms with E-state index < -0.39 is 0 Å². The highest BCUT2D eigenvalue weighted by Crippen LogP contribution is 2.29. The van der Waals surface area contributed by atoms with Crippen LogP contribution < -0.4 is 14.8 Å². The second kappa shape index (κ2) is 6.98. The van der Waals surface area contributed by atoms with Gasteiger partial charge in [-0.2, -0.15) is 0 Å². The van der Waals surface area contributed by atoms with Gasteiger partial charge in [0.2, 0.25) is 0 Å². The third kappa shape index (κ3) is 3.58. The van der Waals surface area contributed by atoms with Crippen LogP contribution in [-0.4, -0.2) is 20.1 Å². The number of rotatable bonds is 5. The molecule has 0 saturated heterocycles. The molecule has 0 aliphatic heterocycles. The molecular weight excluding hydrogens is 278 g/mol. The minimum atomic E-state index is -0.196. The molecule has 2 rings (SSSR count). The number of hydrogen-bond acceptors (Lipinski definition) is 3. The highest BCUT2D eigenvalue weighted by Gasteiger charge is 2.16. The Hall–Kier alpha value is -2.49. The molecule has 0 spiro atoms. The van der Waals surface area contributed by atoms with Crippen LogP contribution in [0.25, 0.3) is 0 Å². The Bertz CT molecular complexity index is 650. The summed E-state index contributed by atoms with van der Waals surface area (Å²) in [4.78, 5) is 12.3. The van der Waals surface area contributed by atoms with E-state index in [1.54, 1.807) is 14.2 Å². The lowest BCUT2D eigenvalue weighted by Gasteiger charge is -2.18. The first-order valence-electron chi connectivity index (χ1n) is 7.14. The van der Waals surface area contributed by atoms with E-state index in [9.17, 15) is 4.79 Å². The lowest BCUT2D eigenvalue weighted by atomic mass is 10.1. The van der Waals surface area contributed by atoms with E-state index in [4.69, 9.17) is 9.47 Å². The minimum Gasteiger partial charge on any atom is -0.497 e. The highest BCUT2D eigenvalue weighted by atomic mass is 16.5. The predicted molar refractivity (Wildman–Crippen MR) is 86.6 cm³/mol. The number of nitrogens with one attached hydrogen (secondary N) is 1. The summed E-state index contributed by atoms with van der Waals surface area (Å²) in [5.41, 5.74) is 2.64. The van der Waals surface area contributed by atoms with Crippen molar-refractivity contribution in [3.8, 4) is 11.5 Å². The maximum atomic E-state index is 12.3. The van der Waals surface area contributed by atoms with E-state index in [-0.39, 0.29) is 11.9 Å². The molecule has 0 radical (unpaired) electrons. The molecule has 0 heterocycles. The standard InChI is InChI=1S/C18H21NO3/c1-12-5-7-14(8-6-12)18(20)19-13(2)16-11-15(21-3)9-10-17(16)22-4/h5-11,13H,1-4H3,(H,19,20)/t13-/m1/s1. The second-order valence-corrected chi connectivity index (χ2v) is 5.17. The van der Waals surface area contributed by atoms with Crippen LogP contribution in [0.3, 0.4) is 0 Å². The molecule has 0 aliphatic rings. The average molecular weight is 299 g/mol. The van der Waals surface area contributed by atoms with Crippen molar-refractivity contribution < 1.29 is 14.3 Å². The fourth-order valence-electron chi connectivity index (χ4n) is 2.24. The van der Waals surface area contributed by atoms with Crippen LogP contribution in [-0.2, 0) is 0 Å². The third-order valence-electron chi connectivity index (χ3n) is 3.56. The Morgan fingerprint density at radius 1 is 1.05 bits per heavy atom. The molecular formula is C18H21NO3. The van der Waals surface area contributed by atoms with Gasteiger partial charge < -0.3 is 14.8 Å². The van der Waals surface area contributed by atoms with Gasteiger partial charge in [-0.15, -0.1) is 0 Å². The van der Waals surface area contributed by atoms with E-state index in [2.05, 4.69) is 5.32 Å². The van der Waals surface area contributed by atoms with Crippen molar-refractivity contribution in [3.05, 3.63) is 59.2 Å². The SMILES string of the molecule is COc1ccc(OC)c([C@@H](C)NC(=O)c2ccc(C)cc2)c1. The number of aryl methyl sites for hydroxylation is 1. The van der Waals surface area contributed by atoms with Gasteiger partial charge in [0.05, 0.1) is 20.3 Å². The van der Waals surface area contributed by atoms with Crippen molar-refractivity contribution >= 4 is 5.91 Å². The number of hydrogen-bond donors (Lipinski definition) is 1. The van der Waals surface area contributed by atoms with Gasteiger partial charge in [0, 0.05) is 11.1 Å². The fourth-order valence-corrected chi connectivity index (χ4v) is 2.24.